The number of hydrogen-bond acceptors (Lipinski definition) is 6. The van der Waals surface area contributed by atoms with Crippen LogP contribution in [0.4, 0.5) is 5.69 Å². The molecule has 3 heterocycles. The molecule has 2 saturated heterocycles. The maximum absolute atomic E-state index is 12.7. The summed E-state index contributed by atoms with van der Waals surface area (Å²) in [4.78, 5) is 17.1. The number of nitrogens with one attached hydrogen (secondary N) is 1. The summed E-state index contributed by atoms with van der Waals surface area (Å²) >= 11 is 0. The van der Waals surface area contributed by atoms with Crippen molar-refractivity contribution < 1.29 is 19.1 Å². The molecule has 2 aliphatic rings. The van der Waals surface area contributed by atoms with Gasteiger partial charge in [-0.05, 0) is 37.1 Å². The Kier molecular flexibility index (Phi) is 5.66. The van der Waals surface area contributed by atoms with Crippen LogP contribution in [0.15, 0.2) is 53.1 Å². The number of amides is 1. The highest BCUT2D eigenvalue weighted by molar-refractivity contribution is 5.93. The minimum Gasteiger partial charge on any atom is -0.467 e. The molecule has 7 heteroatoms. The van der Waals surface area contributed by atoms with Gasteiger partial charge in [0.1, 0.15) is 17.9 Å². The van der Waals surface area contributed by atoms with Crippen LogP contribution in [0.5, 0.6) is 0 Å². The van der Waals surface area contributed by atoms with Gasteiger partial charge in [0.15, 0.2) is 0 Å². The fraction of sp³-hybridized carbons (Fsp3) is 0.476. The number of nitrogens with zero attached hydrogens (tertiary/aromatic N) is 2. The van der Waals surface area contributed by atoms with Crippen molar-refractivity contribution in [1.82, 2.24) is 10.2 Å². The number of hydrogen-bond donors (Lipinski definition) is 2. The molecule has 0 radical (unpaired) electrons. The second kappa shape index (κ2) is 8.34. The normalized spacial score (nSPS) is 20.5. The van der Waals surface area contributed by atoms with Crippen LogP contribution in [-0.2, 0) is 16.1 Å². The second-order valence-electron chi connectivity index (χ2n) is 7.51. The first-order valence-electron chi connectivity index (χ1n) is 9.79. The third-order valence-corrected chi connectivity index (χ3v) is 5.69. The fourth-order valence-electron chi connectivity index (χ4n) is 4.18. The van der Waals surface area contributed by atoms with Crippen LogP contribution >= 0.6 is 0 Å². The molecule has 0 saturated carbocycles. The molecular weight excluding hydrogens is 358 g/mol. The van der Waals surface area contributed by atoms with E-state index >= 15 is 0 Å². The minimum absolute atomic E-state index is 0.110. The van der Waals surface area contributed by atoms with Crippen LogP contribution in [0.3, 0.4) is 0 Å². The monoisotopic (exact) mass is 385 g/mol. The van der Waals surface area contributed by atoms with Crippen molar-refractivity contribution in [2.45, 2.75) is 31.1 Å². The lowest BCUT2D eigenvalue weighted by atomic mass is 9.85. The van der Waals surface area contributed by atoms with Crippen LogP contribution in [0.2, 0.25) is 0 Å². The van der Waals surface area contributed by atoms with E-state index in [2.05, 4.69) is 27.2 Å². The zero-order valence-corrected chi connectivity index (χ0v) is 15.9. The Morgan fingerprint density at radius 3 is 2.68 bits per heavy atom. The average Bonchev–Trinajstić information content (AvgIpc) is 3.33. The largest absolute Gasteiger partial charge is 0.467 e. The van der Waals surface area contributed by atoms with E-state index in [9.17, 15) is 9.90 Å². The Hall–Kier alpha value is -2.35. The third kappa shape index (κ3) is 3.92. The van der Waals surface area contributed by atoms with Crippen molar-refractivity contribution in [1.29, 1.82) is 0 Å². The molecule has 150 valence electrons. The smallest absolute Gasteiger partial charge is 0.247 e. The molecule has 2 fully saturated rings. The Balaban J connectivity index is 1.29. The van der Waals surface area contributed by atoms with Crippen LogP contribution in [0.25, 0.3) is 0 Å². The summed E-state index contributed by atoms with van der Waals surface area (Å²) in [5, 5.41) is 13.3. The van der Waals surface area contributed by atoms with Crippen molar-refractivity contribution in [3.63, 3.8) is 0 Å². The van der Waals surface area contributed by atoms with Crippen molar-refractivity contribution in [3.8, 4) is 0 Å². The molecule has 1 spiro atoms. The van der Waals surface area contributed by atoms with Gasteiger partial charge in [-0.25, -0.2) is 0 Å². The van der Waals surface area contributed by atoms with Gasteiger partial charge in [-0.2, -0.15) is 0 Å². The quantitative estimate of drug-likeness (QED) is 0.754. The SMILES string of the molecule is O=C1NCN(c2ccccc2)C12CCN(CC(O)COCc1ccco1)CC2. The van der Waals surface area contributed by atoms with Crippen molar-refractivity contribution in [2.75, 3.05) is 37.8 Å². The van der Waals surface area contributed by atoms with Gasteiger partial charge in [-0.3, -0.25) is 4.79 Å². The predicted molar refractivity (Wildman–Crippen MR) is 105 cm³/mol. The highest BCUT2D eigenvalue weighted by Gasteiger charge is 2.50. The van der Waals surface area contributed by atoms with E-state index in [0.29, 0.717) is 19.8 Å². The molecule has 1 amide bonds. The standard InChI is InChI=1S/C21H27N3O4/c25-18(14-27-15-19-7-4-12-28-19)13-23-10-8-21(9-11-23)20(26)22-16-24(21)17-5-2-1-3-6-17/h1-7,12,18,25H,8-11,13-16H2,(H,22,26). The molecule has 1 aromatic carbocycles. The van der Waals surface area contributed by atoms with Crippen molar-refractivity contribution >= 4 is 11.6 Å². The first-order valence-corrected chi connectivity index (χ1v) is 9.79. The first-order chi connectivity index (χ1) is 13.7. The van der Waals surface area contributed by atoms with Crippen LogP contribution in [0, 0.1) is 0 Å². The van der Waals surface area contributed by atoms with Crippen molar-refractivity contribution in [3.05, 3.63) is 54.5 Å². The van der Waals surface area contributed by atoms with E-state index in [0.717, 1.165) is 37.4 Å². The maximum atomic E-state index is 12.7. The van der Waals surface area contributed by atoms with E-state index in [1.807, 2.05) is 30.3 Å². The van der Waals surface area contributed by atoms with Crippen LogP contribution in [-0.4, -0.2) is 60.5 Å². The Labute approximate surface area is 164 Å². The summed E-state index contributed by atoms with van der Waals surface area (Å²) < 4.78 is 10.7. The minimum atomic E-state index is -0.563. The first kappa shape index (κ1) is 19.0. The number of ether oxygens (including phenoxy) is 1. The van der Waals surface area contributed by atoms with Gasteiger partial charge in [-0.15, -0.1) is 0 Å². The zero-order chi connectivity index (χ0) is 19.4. The highest BCUT2D eigenvalue weighted by Crippen LogP contribution is 2.36. The molecule has 2 aliphatic heterocycles. The number of β-amino-alcohol motifs (C(OH)–C–C–N with tert-alkyl or cyclic N) is 1. The number of anilines is 1. The van der Waals surface area contributed by atoms with Gasteiger partial charge in [0.05, 0.1) is 25.6 Å². The summed E-state index contributed by atoms with van der Waals surface area (Å²) in [6.07, 6.45) is 2.53. The molecule has 1 atom stereocenters. The molecule has 1 unspecified atom stereocenters. The van der Waals surface area contributed by atoms with E-state index in [1.54, 1.807) is 6.26 Å². The number of aliphatic hydroxyl groups is 1. The van der Waals surface area contributed by atoms with E-state index < -0.39 is 11.6 Å². The number of benzene rings is 1. The zero-order valence-electron chi connectivity index (χ0n) is 15.9. The van der Waals surface area contributed by atoms with Gasteiger partial charge in [0.2, 0.25) is 5.91 Å². The number of carbonyl (C=O) groups is 1. The number of furan rings is 1. The summed E-state index contributed by atoms with van der Waals surface area (Å²) in [6.45, 7) is 3.25. The topological polar surface area (TPSA) is 78.2 Å². The van der Waals surface area contributed by atoms with Gasteiger partial charge < -0.3 is 29.4 Å². The number of para-hydroxylation sites is 1. The molecule has 2 N–H and O–H groups in total. The van der Waals surface area contributed by atoms with Gasteiger partial charge in [-0.1, -0.05) is 18.2 Å². The lowest BCUT2D eigenvalue weighted by Gasteiger charge is -2.43. The predicted octanol–water partition coefficient (Wildman–Crippen LogP) is 1.59. The molecular formula is C21H27N3O4. The lowest BCUT2D eigenvalue weighted by molar-refractivity contribution is -0.125. The lowest BCUT2D eigenvalue weighted by Crippen LogP contribution is -2.57. The second-order valence-corrected chi connectivity index (χ2v) is 7.51. The summed E-state index contributed by atoms with van der Waals surface area (Å²) in [6, 6.07) is 13.8. The average molecular weight is 385 g/mol. The van der Waals surface area contributed by atoms with Gasteiger partial charge in [0, 0.05) is 25.3 Å². The van der Waals surface area contributed by atoms with Crippen LogP contribution < -0.4 is 10.2 Å². The molecule has 2 aromatic rings. The summed E-state index contributed by atoms with van der Waals surface area (Å²) in [5.41, 5.74) is 0.583. The number of carbonyl (C=O) groups excluding carboxylic acids is 1. The van der Waals surface area contributed by atoms with Crippen molar-refractivity contribution in [2.24, 2.45) is 0 Å². The van der Waals surface area contributed by atoms with E-state index in [-0.39, 0.29) is 12.5 Å². The Morgan fingerprint density at radius 2 is 1.96 bits per heavy atom. The molecule has 7 nitrogen and oxygen atoms in total. The molecule has 1 aromatic heterocycles. The maximum Gasteiger partial charge on any atom is 0.247 e. The Morgan fingerprint density at radius 1 is 1.18 bits per heavy atom. The molecule has 0 aliphatic carbocycles. The molecule has 0 bridgehead atoms. The number of rotatable bonds is 7. The third-order valence-electron chi connectivity index (χ3n) is 5.69. The van der Waals surface area contributed by atoms with E-state index in [1.165, 1.54) is 0 Å². The summed E-state index contributed by atoms with van der Waals surface area (Å²) in [5.74, 6) is 0.860. The molecule has 4 rings (SSSR count). The van der Waals surface area contributed by atoms with E-state index in [4.69, 9.17) is 9.15 Å². The number of likely N-dealkylation sites (tertiary alicyclic amines) is 1. The summed E-state index contributed by atoms with van der Waals surface area (Å²) in [7, 11) is 0. The number of aliphatic hydroxyl groups excluding tert-OH is 1. The number of piperidine rings is 1. The van der Waals surface area contributed by atoms with Gasteiger partial charge in [0.25, 0.3) is 0 Å². The fourth-order valence-corrected chi connectivity index (χ4v) is 4.18. The molecule has 28 heavy (non-hydrogen) atoms. The van der Waals surface area contributed by atoms with Crippen LogP contribution in [0.1, 0.15) is 18.6 Å². The van der Waals surface area contributed by atoms with Gasteiger partial charge >= 0.3 is 0 Å². The Bertz CT molecular complexity index is 757. The highest BCUT2D eigenvalue weighted by atomic mass is 16.5.